The van der Waals surface area contributed by atoms with Crippen LogP contribution < -0.4 is 11.3 Å². The van der Waals surface area contributed by atoms with Crippen LogP contribution in [0.15, 0.2) is 54.6 Å². The van der Waals surface area contributed by atoms with E-state index in [-0.39, 0.29) is 0 Å². The van der Waals surface area contributed by atoms with Crippen LogP contribution in [0.2, 0.25) is 0 Å². The van der Waals surface area contributed by atoms with Crippen LogP contribution in [0.25, 0.3) is 11.1 Å². The lowest BCUT2D eigenvalue weighted by Crippen LogP contribution is -2.32. The van der Waals surface area contributed by atoms with E-state index in [2.05, 4.69) is 5.43 Å². The maximum atomic E-state index is 12.7. The summed E-state index contributed by atoms with van der Waals surface area (Å²) in [5, 5.41) is 0. The Labute approximate surface area is 104 Å². The number of hydrogen-bond acceptors (Lipinski definition) is 2. The molecule has 0 saturated carbocycles. The topological polar surface area (TPSA) is 38.0 Å². The molecule has 2 aromatic rings. The van der Waals surface area contributed by atoms with Crippen LogP contribution in [0.3, 0.4) is 0 Å². The standard InChI is InChI=1S/C14H14F2N2/c15-14(16)13(18-17)12-8-6-11(7-9-12)10-4-2-1-3-5-10/h1-9,13-14,18H,17H2. The van der Waals surface area contributed by atoms with E-state index in [1.807, 2.05) is 42.5 Å². The van der Waals surface area contributed by atoms with E-state index in [1.54, 1.807) is 12.1 Å². The average molecular weight is 248 g/mol. The number of alkyl halides is 2. The van der Waals surface area contributed by atoms with Gasteiger partial charge in [0.15, 0.2) is 0 Å². The van der Waals surface area contributed by atoms with Crippen LogP contribution in [-0.4, -0.2) is 6.43 Å². The molecule has 3 N–H and O–H groups in total. The second kappa shape index (κ2) is 5.71. The van der Waals surface area contributed by atoms with E-state index in [1.165, 1.54) is 0 Å². The number of nitrogens with two attached hydrogens (primary N) is 1. The molecule has 1 unspecified atom stereocenters. The molecule has 94 valence electrons. The number of nitrogens with one attached hydrogen (secondary N) is 1. The molecule has 0 aliphatic rings. The molecule has 4 heteroatoms. The van der Waals surface area contributed by atoms with Crippen molar-refractivity contribution in [1.82, 2.24) is 5.43 Å². The van der Waals surface area contributed by atoms with Crippen molar-refractivity contribution < 1.29 is 8.78 Å². The second-order valence-electron chi connectivity index (χ2n) is 3.97. The Morgan fingerprint density at radius 2 is 1.39 bits per heavy atom. The van der Waals surface area contributed by atoms with Gasteiger partial charge >= 0.3 is 0 Å². The molecular formula is C14H14F2N2. The van der Waals surface area contributed by atoms with Crippen molar-refractivity contribution in [3.63, 3.8) is 0 Å². The molecule has 0 fully saturated rings. The van der Waals surface area contributed by atoms with E-state index in [4.69, 9.17) is 5.84 Å². The van der Waals surface area contributed by atoms with Crippen LogP contribution in [0, 0.1) is 0 Å². The van der Waals surface area contributed by atoms with E-state index in [9.17, 15) is 8.78 Å². The maximum Gasteiger partial charge on any atom is 0.259 e. The van der Waals surface area contributed by atoms with Crippen molar-refractivity contribution in [3.8, 4) is 11.1 Å². The van der Waals surface area contributed by atoms with E-state index >= 15 is 0 Å². The number of benzene rings is 2. The first-order chi connectivity index (χ1) is 8.72. The van der Waals surface area contributed by atoms with Gasteiger partial charge in [-0.15, -0.1) is 0 Å². The fourth-order valence-corrected chi connectivity index (χ4v) is 1.83. The smallest absolute Gasteiger partial charge is 0.259 e. The first-order valence-corrected chi connectivity index (χ1v) is 5.62. The van der Waals surface area contributed by atoms with Crippen LogP contribution >= 0.6 is 0 Å². The zero-order chi connectivity index (χ0) is 13.0. The molecule has 18 heavy (non-hydrogen) atoms. The fourth-order valence-electron chi connectivity index (χ4n) is 1.83. The minimum Gasteiger partial charge on any atom is -0.271 e. The Morgan fingerprint density at radius 3 is 1.89 bits per heavy atom. The lowest BCUT2D eigenvalue weighted by Gasteiger charge is -2.15. The minimum atomic E-state index is -2.53. The van der Waals surface area contributed by atoms with Crippen LogP contribution in [0.5, 0.6) is 0 Å². The summed E-state index contributed by atoms with van der Waals surface area (Å²) in [4.78, 5) is 0. The molecule has 1 atom stereocenters. The highest BCUT2D eigenvalue weighted by Crippen LogP contribution is 2.24. The molecule has 0 spiro atoms. The predicted octanol–water partition coefficient (Wildman–Crippen LogP) is 3.12. The van der Waals surface area contributed by atoms with Gasteiger partial charge in [-0.05, 0) is 16.7 Å². The third kappa shape index (κ3) is 2.72. The molecule has 2 aromatic carbocycles. The lowest BCUT2D eigenvalue weighted by atomic mass is 10.0. The zero-order valence-electron chi connectivity index (χ0n) is 9.68. The van der Waals surface area contributed by atoms with Gasteiger partial charge in [0, 0.05) is 0 Å². The molecule has 2 nitrogen and oxygen atoms in total. The van der Waals surface area contributed by atoms with E-state index in [0.29, 0.717) is 5.56 Å². The van der Waals surface area contributed by atoms with Crippen molar-refractivity contribution in [2.24, 2.45) is 5.84 Å². The minimum absolute atomic E-state index is 0.479. The SMILES string of the molecule is NNC(c1ccc(-c2ccccc2)cc1)C(F)F. The van der Waals surface area contributed by atoms with Crippen molar-refractivity contribution in [2.75, 3.05) is 0 Å². The molecule has 0 aliphatic carbocycles. The molecule has 0 radical (unpaired) electrons. The van der Waals surface area contributed by atoms with Crippen molar-refractivity contribution >= 4 is 0 Å². The number of hydrazine groups is 1. The predicted molar refractivity (Wildman–Crippen MR) is 67.9 cm³/mol. The summed E-state index contributed by atoms with van der Waals surface area (Å²) in [6, 6.07) is 15.6. The molecule has 0 bridgehead atoms. The Morgan fingerprint density at radius 1 is 0.833 bits per heavy atom. The summed E-state index contributed by atoms with van der Waals surface area (Å²) in [6.07, 6.45) is -2.53. The highest BCUT2D eigenvalue weighted by Gasteiger charge is 2.20. The van der Waals surface area contributed by atoms with Gasteiger partial charge in [0.1, 0.15) is 6.04 Å². The summed E-state index contributed by atoms with van der Waals surface area (Å²) >= 11 is 0. The van der Waals surface area contributed by atoms with Gasteiger partial charge in [-0.1, -0.05) is 54.6 Å². The van der Waals surface area contributed by atoms with Crippen molar-refractivity contribution in [2.45, 2.75) is 12.5 Å². The Bertz CT molecular complexity index is 483. The summed E-state index contributed by atoms with van der Waals surface area (Å²) in [7, 11) is 0. The number of hydrogen-bond donors (Lipinski definition) is 2. The Kier molecular flexibility index (Phi) is 4.02. The quantitative estimate of drug-likeness (QED) is 0.644. The van der Waals surface area contributed by atoms with Crippen LogP contribution in [0.1, 0.15) is 11.6 Å². The van der Waals surface area contributed by atoms with Gasteiger partial charge in [0.2, 0.25) is 0 Å². The summed E-state index contributed by atoms with van der Waals surface area (Å²) in [6.45, 7) is 0. The maximum absolute atomic E-state index is 12.7. The molecule has 0 saturated heterocycles. The van der Waals surface area contributed by atoms with E-state index < -0.39 is 12.5 Å². The molecule has 2 rings (SSSR count). The first-order valence-electron chi connectivity index (χ1n) is 5.62. The summed E-state index contributed by atoms with van der Waals surface area (Å²) in [5.41, 5.74) is 4.65. The molecular weight excluding hydrogens is 234 g/mol. The average Bonchev–Trinajstić information content (AvgIpc) is 2.41. The second-order valence-corrected chi connectivity index (χ2v) is 3.97. The Balaban J connectivity index is 2.25. The van der Waals surface area contributed by atoms with Crippen molar-refractivity contribution in [1.29, 1.82) is 0 Å². The largest absolute Gasteiger partial charge is 0.271 e. The number of halogens is 2. The van der Waals surface area contributed by atoms with Gasteiger partial charge in [-0.25, -0.2) is 14.2 Å². The lowest BCUT2D eigenvalue weighted by molar-refractivity contribution is 0.0986. The zero-order valence-corrected chi connectivity index (χ0v) is 9.68. The van der Waals surface area contributed by atoms with E-state index in [0.717, 1.165) is 11.1 Å². The highest BCUT2D eigenvalue weighted by molar-refractivity contribution is 5.63. The van der Waals surface area contributed by atoms with Gasteiger partial charge in [-0.2, -0.15) is 0 Å². The highest BCUT2D eigenvalue weighted by atomic mass is 19.3. The normalized spacial score (nSPS) is 12.7. The third-order valence-electron chi connectivity index (χ3n) is 2.81. The van der Waals surface area contributed by atoms with Crippen LogP contribution in [-0.2, 0) is 0 Å². The monoisotopic (exact) mass is 248 g/mol. The fraction of sp³-hybridized carbons (Fsp3) is 0.143. The number of rotatable bonds is 4. The van der Waals surface area contributed by atoms with Gasteiger partial charge in [-0.3, -0.25) is 5.84 Å². The van der Waals surface area contributed by atoms with Gasteiger partial charge < -0.3 is 0 Å². The van der Waals surface area contributed by atoms with Gasteiger partial charge in [0.25, 0.3) is 6.43 Å². The van der Waals surface area contributed by atoms with Crippen molar-refractivity contribution in [3.05, 3.63) is 60.2 Å². The molecule has 0 aliphatic heterocycles. The summed E-state index contributed by atoms with van der Waals surface area (Å²) in [5.74, 6) is 5.12. The van der Waals surface area contributed by atoms with Crippen LogP contribution in [0.4, 0.5) is 8.78 Å². The first kappa shape index (κ1) is 12.7. The van der Waals surface area contributed by atoms with Gasteiger partial charge in [0.05, 0.1) is 0 Å². The molecule has 0 amide bonds. The summed E-state index contributed by atoms with van der Waals surface area (Å²) < 4.78 is 25.3. The molecule has 0 aromatic heterocycles. The molecule has 0 heterocycles. The Hall–Kier alpha value is -1.78. The third-order valence-corrected chi connectivity index (χ3v) is 2.81.